The van der Waals surface area contributed by atoms with E-state index in [0.717, 1.165) is 68.0 Å². The van der Waals surface area contributed by atoms with Gasteiger partial charge in [-0.3, -0.25) is 4.79 Å². The van der Waals surface area contributed by atoms with Gasteiger partial charge in [0.05, 0.1) is 24.8 Å². The Morgan fingerprint density at radius 3 is 2.55 bits per heavy atom. The summed E-state index contributed by atoms with van der Waals surface area (Å²) in [5.74, 6) is 2.93. The number of aryl methyl sites for hydroxylation is 2. The number of hydrogen-bond acceptors (Lipinski definition) is 4. The van der Waals surface area contributed by atoms with Crippen LogP contribution in [0.25, 0.3) is 11.0 Å². The molecule has 0 saturated carbocycles. The van der Waals surface area contributed by atoms with E-state index in [0.29, 0.717) is 13.0 Å². The summed E-state index contributed by atoms with van der Waals surface area (Å²) in [4.78, 5) is 16.2. The maximum absolute atomic E-state index is 11.3. The van der Waals surface area contributed by atoms with Crippen molar-refractivity contribution < 1.29 is 14.3 Å². The molecule has 0 radical (unpaired) electrons. The second kappa shape index (κ2) is 12.0. The highest BCUT2D eigenvalue weighted by Crippen LogP contribution is 2.20. The van der Waals surface area contributed by atoms with E-state index in [9.17, 15) is 4.79 Å². The standard InChI is InChI=1S/C25H33N3O3/c1-3-25(29)26-17-8-4-5-12-24-27-22-10-6-7-11-23(22)28(24)18-9-19-31-21-15-13-20(30-2)14-16-21/h6-7,10-11,13-16H,3-5,8-9,12,17-19H2,1-2H3,(H,26,29). The van der Waals surface area contributed by atoms with Gasteiger partial charge in [-0.2, -0.15) is 0 Å². The van der Waals surface area contributed by atoms with E-state index in [4.69, 9.17) is 14.5 Å². The zero-order chi connectivity index (χ0) is 21.9. The maximum Gasteiger partial charge on any atom is 0.219 e. The Bertz CT molecular complexity index is 950. The van der Waals surface area contributed by atoms with Crippen molar-refractivity contribution in [1.82, 2.24) is 14.9 Å². The molecule has 1 N–H and O–H groups in total. The van der Waals surface area contributed by atoms with Gasteiger partial charge in [-0.05, 0) is 55.7 Å². The zero-order valence-corrected chi connectivity index (χ0v) is 18.6. The molecular formula is C25H33N3O3. The number of nitrogens with one attached hydrogen (secondary N) is 1. The Morgan fingerprint density at radius 2 is 1.77 bits per heavy atom. The van der Waals surface area contributed by atoms with Crippen molar-refractivity contribution >= 4 is 16.9 Å². The summed E-state index contributed by atoms with van der Waals surface area (Å²) < 4.78 is 13.4. The molecule has 2 aromatic carbocycles. The molecule has 166 valence electrons. The number of rotatable bonds is 13. The lowest BCUT2D eigenvalue weighted by Crippen LogP contribution is -2.23. The van der Waals surface area contributed by atoms with Crippen molar-refractivity contribution in [1.29, 1.82) is 0 Å². The number of amides is 1. The number of carbonyl (C=O) groups is 1. The normalized spacial score (nSPS) is 10.9. The van der Waals surface area contributed by atoms with E-state index in [1.54, 1.807) is 7.11 Å². The summed E-state index contributed by atoms with van der Waals surface area (Å²) in [6.45, 7) is 4.15. The molecule has 1 amide bonds. The van der Waals surface area contributed by atoms with Crippen LogP contribution >= 0.6 is 0 Å². The van der Waals surface area contributed by atoms with Crippen LogP contribution in [0.15, 0.2) is 48.5 Å². The highest BCUT2D eigenvalue weighted by atomic mass is 16.5. The molecule has 0 aliphatic rings. The highest BCUT2D eigenvalue weighted by Gasteiger charge is 2.10. The topological polar surface area (TPSA) is 65.4 Å². The van der Waals surface area contributed by atoms with E-state index in [-0.39, 0.29) is 5.91 Å². The van der Waals surface area contributed by atoms with Crippen molar-refractivity contribution in [2.45, 2.75) is 52.0 Å². The molecule has 3 rings (SSSR count). The Hall–Kier alpha value is -3.02. The second-order valence-corrected chi connectivity index (χ2v) is 7.56. The van der Waals surface area contributed by atoms with Crippen LogP contribution in [0.4, 0.5) is 0 Å². The number of benzene rings is 2. The molecule has 1 aromatic heterocycles. The highest BCUT2D eigenvalue weighted by molar-refractivity contribution is 5.76. The molecule has 0 spiro atoms. The van der Waals surface area contributed by atoms with Gasteiger partial charge < -0.3 is 19.4 Å². The van der Waals surface area contributed by atoms with Crippen LogP contribution in [0.2, 0.25) is 0 Å². The molecular weight excluding hydrogens is 390 g/mol. The predicted octanol–water partition coefficient (Wildman–Crippen LogP) is 4.75. The molecule has 31 heavy (non-hydrogen) atoms. The molecule has 1 heterocycles. The van der Waals surface area contributed by atoms with Crippen molar-refractivity contribution in [2.24, 2.45) is 0 Å². The van der Waals surface area contributed by atoms with E-state index in [2.05, 4.69) is 28.1 Å². The molecule has 0 unspecified atom stereocenters. The van der Waals surface area contributed by atoms with Crippen LogP contribution < -0.4 is 14.8 Å². The van der Waals surface area contributed by atoms with Crippen LogP contribution in [0.5, 0.6) is 11.5 Å². The number of imidazole rings is 1. The van der Waals surface area contributed by atoms with Crippen molar-refractivity contribution in [3.63, 3.8) is 0 Å². The van der Waals surface area contributed by atoms with Crippen LogP contribution in [0, 0.1) is 0 Å². The van der Waals surface area contributed by atoms with Gasteiger partial charge in [0.2, 0.25) is 5.91 Å². The number of nitrogens with zero attached hydrogens (tertiary/aromatic N) is 2. The van der Waals surface area contributed by atoms with Crippen LogP contribution in [0.1, 0.15) is 44.9 Å². The molecule has 3 aromatic rings. The average Bonchev–Trinajstić information content (AvgIpc) is 3.16. The molecule has 0 saturated heterocycles. The summed E-state index contributed by atoms with van der Waals surface area (Å²) in [7, 11) is 1.66. The molecule has 6 heteroatoms. The molecule has 0 aliphatic carbocycles. The molecule has 0 atom stereocenters. The Labute approximate surface area is 184 Å². The lowest BCUT2D eigenvalue weighted by Gasteiger charge is -2.11. The summed E-state index contributed by atoms with van der Waals surface area (Å²) in [6.07, 6.45) is 5.54. The fraction of sp³-hybridized carbons (Fsp3) is 0.440. The lowest BCUT2D eigenvalue weighted by molar-refractivity contribution is -0.120. The first-order valence-corrected chi connectivity index (χ1v) is 11.2. The summed E-state index contributed by atoms with van der Waals surface area (Å²) in [6, 6.07) is 16.0. The zero-order valence-electron chi connectivity index (χ0n) is 18.6. The minimum atomic E-state index is 0.124. The first-order chi connectivity index (χ1) is 15.2. The van der Waals surface area contributed by atoms with Crippen LogP contribution in [0.3, 0.4) is 0 Å². The van der Waals surface area contributed by atoms with Gasteiger partial charge >= 0.3 is 0 Å². The Morgan fingerprint density at radius 1 is 1.00 bits per heavy atom. The van der Waals surface area contributed by atoms with Crippen LogP contribution in [-0.2, 0) is 17.8 Å². The smallest absolute Gasteiger partial charge is 0.219 e. The predicted molar refractivity (Wildman–Crippen MR) is 124 cm³/mol. The summed E-state index contributed by atoms with van der Waals surface area (Å²) in [5.41, 5.74) is 2.22. The van der Waals surface area contributed by atoms with E-state index in [1.165, 1.54) is 5.52 Å². The number of aromatic nitrogens is 2. The third kappa shape index (κ3) is 6.74. The van der Waals surface area contributed by atoms with Gasteiger partial charge in [0.15, 0.2) is 0 Å². The van der Waals surface area contributed by atoms with Gasteiger partial charge in [-0.1, -0.05) is 25.5 Å². The third-order valence-corrected chi connectivity index (χ3v) is 5.31. The molecule has 0 bridgehead atoms. The summed E-state index contributed by atoms with van der Waals surface area (Å²) in [5, 5.41) is 2.94. The van der Waals surface area contributed by atoms with Gasteiger partial charge in [0, 0.05) is 25.9 Å². The fourth-order valence-electron chi connectivity index (χ4n) is 3.59. The van der Waals surface area contributed by atoms with E-state index < -0.39 is 0 Å². The summed E-state index contributed by atoms with van der Waals surface area (Å²) >= 11 is 0. The van der Waals surface area contributed by atoms with E-state index in [1.807, 2.05) is 37.3 Å². The number of para-hydroxylation sites is 2. The van der Waals surface area contributed by atoms with Crippen LogP contribution in [-0.4, -0.2) is 35.7 Å². The largest absolute Gasteiger partial charge is 0.497 e. The molecule has 6 nitrogen and oxygen atoms in total. The number of hydrogen-bond donors (Lipinski definition) is 1. The molecule has 0 aliphatic heterocycles. The van der Waals surface area contributed by atoms with E-state index >= 15 is 0 Å². The number of unbranched alkanes of at least 4 members (excludes halogenated alkanes) is 2. The SMILES string of the molecule is CCC(=O)NCCCCCc1nc2ccccc2n1CCCOc1ccc(OC)cc1. The minimum Gasteiger partial charge on any atom is -0.497 e. The molecule has 0 fully saturated rings. The monoisotopic (exact) mass is 423 g/mol. The van der Waals surface area contributed by atoms with Gasteiger partial charge in [-0.15, -0.1) is 0 Å². The fourth-order valence-corrected chi connectivity index (χ4v) is 3.59. The average molecular weight is 424 g/mol. The first-order valence-electron chi connectivity index (χ1n) is 11.2. The first kappa shape index (κ1) is 22.7. The number of fused-ring (bicyclic) bond motifs is 1. The number of ether oxygens (including phenoxy) is 2. The van der Waals surface area contributed by atoms with Gasteiger partial charge in [0.1, 0.15) is 17.3 Å². The second-order valence-electron chi connectivity index (χ2n) is 7.56. The van der Waals surface area contributed by atoms with Gasteiger partial charge in [-0.25, -0.2) is 4.98 Å². The van der Waals surface area contributed by atoms with Gasteiger partial charge in [0.25, 0.3) is 0 Å². The number of methoxy groups -OCH3 is 1. The van der Waals surface area contributed by atoms with Crippen molar-refractivity contribution in [3.8, 4) is 11.5 Å². The van der Waals surface area contributed by atoms with Crippen molar-refractivity contribution in [3.05, 3.63) is 54.4 Å². The Balaban J connectivity index is 1.50. The minimum absolute atomic E-state index is 0.124. The quantitative estimate of drug-likeness (QED) is 0.403. The lowest BCUT2D eigenvalue weighted by atomic mass is 10.2. The Kier molecular flexibility index (Phi) is 8.76. The maximum atomic E-state index is 11.3. The van der Waals surface area contributed by atoms with Crippen molar-refractivity contribution in [2.75, 3.05) is 20.3 Å². The third-order valence-electron chi connectivity index (χ3n) is 5.31. The number of carbonyl (C=O) groups excluding carboxylic acids is 1.